The van der Waals surface area contributed by atoms with Crippen LogP contribution < -0.4 is 4.74 Å². The van der Waals surface area contributed by atoms with Crippen LogP contribution in [0.2, 0.25) is 0 Å². The van der Waals surface area contributed by atoms with Crippen molar-refractivity contribution in [2.24, 2.45) is 0 Å². The molecular formula is C22H26N2O2. The van der Waals surface area contributed by atoms with E-state index in [2.05, 4.69) is 46.2 Å². The number of ether oxygens (including phenoxy) is 1. The lowest BCUT2D eigenvalue weighted by atomic mass is 10.2. The molecule has 136 valence electrons. The minimum Gasteiger partial charge on any atom is -0.492 e. The summed E-state index contributed by atoms with van der Waals surface area (Å²) in [6.45, 7) is 6.75. The Hall–Kier alpha value is -2.43. The second-order valence-corrected chi connectivity index (χ2v) is 6.46. The fraction of sp³-hybridized carbons (Fsp3) is 0.318. The number of para-hydroxylation sites is 1. The lowest BCUT2D eigenvalue weighted by Gasteiger charge is -2.34. The standard InChI is InChI=1S/C22H26N2O2/c25-19-21-10-4-5-11-22(21)26-18-17-24-15-13-23(14-16-24)12-6-9-20-7-2-1-3-8-20/h1-11,19H,12-18H2. The van der Waals surface area contributed by atoms with Crippen molar-refractivity contribution in [2.45, 2.75) is 0 Å². The van der Waals surface area contributed by atoms with Crippen LogP contribution >= 0.6 is 0 Å². The molecule has 1 heterocycles. The molecule has 1 saturated heterocycles. The quantitative estimate of drug-likeness (QED) is 0.685. The topological polar surface area (TPSA) is 32.8 Å². The van der Waals surface area contributed by atoms with E-state index < -0.39 is 0 Å². The summed E-state index contributed by atoms with van der Waals surface area (Å²) in [6.07, 6.45) is 5.27. The molecule has 1 aliphatic heterocycles. The summed E-state index contributed by atoms with van der Waals surface area (Å²) < 4.78 is 5.77. The van der Waals surface area contributed by atoms with Crippen molar-refractivity contribution in [3.63, 3.8) is 0 Å². The van der Waals surface area contributed by atoms with Gasteiger partial charge in [-0.25, -0.2) is 0 Å². The number of carbonyl (C=O) groups excluding carboxylic acids is 1. The van der Waals surface area contributed by atoms with Crippen molar-refractivity contribution in [1.82, 2.24) is 9.80 Å². The van der Waals surface area contributed by atoms with Crippen LogP contribution in [-0.4, -0.2) is 62.0 Å². The monoisotopic (exact) mass is 350 g/mol. The smallest absolute Gasteiger partial charge is 0.153 e. The third kappa shape index (κ3) is 5.55. The van der Waals surface area contributed by atoms with E-state index in [1.54, 1.807) is 6.07 Å². The fourth-order valence-corrected chi connectivity index (χ4v) is 3.09. The number of hydrogen-bond acceptors (Lipinski definition) is 4. The van der Waals surface area contributed by atoms with E-state index in [9.17, 15) is 4.79 Å². The molecule has 4 nitrogen and oxygen atoms in total. The summed E-state index contributed by atoms with van der Waals surface area (Å²) in [4.78, 5) is 15.9. The molecule has 1 fully saturated rings. The Morgan fingerprint density at radius 1 is 0.885 bits per heavy atom. The van der Waals surface area contributed by atoms with E-state index in [1.165, 1.54) is 5.56 Å². The van der Waals surface area contributed by atoms with Gasteiger partial charge in [0.15, 0.2) is 6.29 Å². The van der Waals surface area contributed by atoms with Crippen LogP contribution in [0.4, 0.5) is 0 Å². The first kappa shape index (κ1) is 18.4. The third-order valence-electron chi connectivity index (χ3n) is 4.65. The summed E-state index contributed by atoms with van der Waals surface area (Å²) >= 11 is 0. The molecule has 0 N–H and O–H groups in total. The predicted molar refractivity (Wildman–Crippen MR) is 106 cm³/mol. The highest BCUT2D eigenvalue weighted by Gasteiger charge is 2.15. The maximum absolute atomic E-state index is 11.0. The van der Waals surface area contributed by atoms with Crippen molar-refractivity contribution in [3.05, 3.63) is 71.8 Å². The van der Waals surface area contributed by atoms with E-state index in [4.69, 9.17) is 4.74 Å². The molecule has 2 aromatic rings. The average molecular weight is 350 g/mol. The zero-order valence-corrected chi connectivity index (χ0v) is 15.1. The Labute approximate surface area is 155 Å². The SMILES string of the molecule is O=Cc1ccccc1OCCN1CCN(CC=Cc2ccccc2)CC1. The molecule has 0 aliphatic carbocycles. The van der Waals surface area contributed by atoms with Crippen LogP contribution in [0.1, 0.15) is 15.9 Å². The van der Waals surface area contributed by atoms with Crippen molar-refractivity contribution < 1.29 is 9.53 Å². The van der Waals surface area contributed by atoms with E-state index in [0.29, 0.717) is 17.9 Å². The van der Waals surface area contributed by atoms with Gasteiger partial charge < -0.3 is 4.74 Å². The Kier molecular flexibility index (Phi) is 6.99. The molecule has 0 radical (unpaired) electrons. The number of aldehydes is 1. The molecule has 0 amide bonds. The van der Waals surface area contributed by atoms with Gasteiger partial charge in [-0.1, -0.05) is 54.6 Å². The first-order chi connectivity index (χ1) is 12.8. The molecular weight excluding hydrogens is 324 g/mol. The summed E-state index contributed by atoms with van der Waals surface area (Å²) in [6, 6.07) is 17.8. The molecule has 0 saturated carbocycles. The van der Waals surface area contributed by atoms with Crippen molar-refractivity contribution >= 4 is 12.4 Å². The molecule has 0 atom stereocenters. The Bertz CT molecular complexity index is 707. The normalized spacial score (nSPS) is 16.0. The van der Waals surface area contributed by atoms with Crippen molar-refractivity contribution in [3.8, 4) is 5.75 Å². The van der Waals surface area contributed by atoms with Crippen LogP contribution in [0.25, 0.3) is 6.08 Å². The molecule has 1 aliphatic rings. The Morgan fingerprint density at radius 3 is 2.35 bits per heavy atom. The Morgan fingerprint density at radius 2 is 1.58 bits per heavy atom. The summed E-state index contributed by atoms with van der Waals surface area (Å²) in [5, 5.41) is 0. The second kappa shape index (κ2) is 9.90. The highest BCUT2D eigenvalue weighted by atomic mass is 16.5. The first-order valence-corrected chi connectivity index (χ1v) is 9.18. The molecule has 0 spiro atoms. The van der Waals surface area contributed by atoms with E-state index >= 15 is 0 Å². The number of piperazine rings is 1. The van der Waals surface area contributed by atoms with Gasteiger partial charge >= 0.3 is 0 Å². The molecule has 2 aromatic carbocycles. The van der Waals surface area contributed by atoms with Gasteiger partial charge in [-0.2, -0.15) is 0 Å². The number of nitrogens with zero attached hydrogens (tertiary/aromatic N) is 2. The van der Waals surface area contributed by atoms with Gasteiger partial charge in [0.05, 0.1) is 5.56 Å². The van der Waals surface area contributed by atoms with Gasteiger partial charge in [-0.15, -0.1) is 0 Å². The molecule has 0 unspecified atom stereocenters. The average Bonchev–Trinajstić information content (AvgIpc) is 2.70. The molecule has 26 heavy (non-hydrogen) atoms. The number of carbonyl (C=O) groups is 1. The minimum atomic E-state index is 0.610. The summed E-state index contributed by atoms with van der Waals surface area (Å²) in [5.41, 5.74) is 1.86. The van der Waals surface area contributed by atoms with Crippen LogP contribution in [-0.2, 0) is 0 Å². The third-order valence-corrected chi connectivity index (χ3v) is 4.65. The molecule has 0 bridgehead atoms. The molecule has 0 aromatic heterocycles. The minimum absolute atomic E-state index is 0.610. The van der Waals surface area contributed by atoms with Gasteiger partial charge in [0, 0.05) is 39.3 Å². The molecule has 3 rings (SSSR count). The lowest BCUT2D eigenvalue weighted by Crippen LogP contribution is -2.47. The number of hydrogen-bond donors (Lipinski definition) is 0. The van der Waals surface area contributed by atoms with Gasteiger partial charge in [-0.3, -0.25) is 14.6 Å². The van der Waals surface area contributed by atoms with Gasteiger partial charge in [0.1, 0.15) is 12.4 Å². The predicted octanol–water partition coefficient (Wildman–Crippen LogP) is 3.21. The molecule has 4 heteroatoms. The maximum atomic E-state index is 11.0. The van der Waals surface area contributed by atoms with E-state index in [0.717, 1.165) is 45.6 Å². The fourth-order valence-electron chi connectivity index (χ4n) is 3.09. The number of benzene rings is 2. The second-order valence-electron chi connectivity index (χ2n) is 6.46. The van der Waals surface area contributed by atoms with Crippen LogP contribution in [0.3, 0.4) is 0 Å². The van der Waals surface area contributed by atoms with Crippen LogP contribution in [0.15, 0.2) is 60.7 Å². The van der Waals surface area contributed by atoms with Crippen molar-refractivity contribution in [1.29, 1.82) is 0 Å². The highest BCUT2D eigenvalue weighted by molar-refractivity contribution is 5.79. The summed E-state index contributed by atoms with van der Waals surface area (Å²) in [7, 11) is 0. The summed E-state index contributed by atoms with van der Waals surface area (Å²) in [5.74, 6) is 0.673. The zero-order valence-electron chi connectivity index (χ0n) is 15.1. The Balaban J connectivity index is 1.35. The first-order valence-electron chi connectivity index (χ1n) is 9.18. The zero-order chi connectivity index (χ0) is 18.0. The lowest BCUT2D eigenvalue weighted by molar-refractivity contribution is 0.111. The van der Waals surface area contributed by atoms with E-state index in [1.807, 2.05) is 24.3 Å². The van der Waals surface area contributed by atoms with Gasteiger partial charge in [0.25, 0.3) is 0 Å². The maximum Gasteiger partial charge on any atom is 0.153 e. The van der Waals surface area contributed by atoms with E-state index in [-0.39, 0.29) is 0 Å². The number of rotatable bonds is 8. The van der Waals surface area contributed by atoms with Gasteiger partial charge in [0.2, 0.25) is 0 Å². The highest BCUT2D eigenvalue weighted by Crippen LogP contribution is 2.15. The largest absolute Gasteiger partial charge is 0.492 e. The van der Waals surface area contributed by atoms with Gasteiger partial charge in [-0.05, 0) is 17.7 Å². The van der Waals surface area contributed by atoms with Crippen molar-refractivity contribution in [2.75, 3.05) is 45.9 Å². The van der Waals surface area contributed by atoms with Crippen LogP contribution in [0.5, 0.6) is 5.75 Å². The van der Waals surface area contributed by atoms with Crippen LogP contribution in [0, 0.1) is 0 Å².